The summed E-state index contributed by atoms with van der Waals surface area (Å²) in [7, 11) is 3.08. The van der Waals surface area contributed by atoms with Gasteiger partial charge in [0, 0.05) is 6.54 Å². The predicted octanol–water partition coefficient (Wildman–Crippen LogP) is 2.22. The average Bonchev–Trinajstić information content (AvgIpc) is 2.66. The van der Waals surface area contributed by atoms with Crippen molar-refractivity contribution in [3.8, 4) is 17.6 Å². The molecule has 0 saturated carbocycles. The third kappa shape index (κ3) is 4.98. The van der Waals surface area contributed by atoms with Gasteiger partial charge in [0.1, 0.15) is 12.5 Å². The van der Waals surface area contributed by atoms with Gasteiger partial charge in [0.15, 0.2) is 11.5 Å². The molecule has 7 heteroatoms. The van der Waals surface area contributed by atoms with Gasteiger partial charge in [0.25, 0.3) is 0 Å². The second-order valence-electron chi connectivity index (χ2n) is 5.35. The summed E-state index contributed by atoms with van der Waals surface area (Å²) in [6.45, 7) is 0.251. The lowest BCUT2D eigenvalue weighted by Gasteiger charge is -2.10. The Morgan fingerprint density at radius 1 is 1.04 bits per heavy atom. The van der Waals surface area contributed by atoms with Crippen molar-refractivity contribution in [3.63, 3.8) is 0 Å². The summed E-state index contributed by atoms with van der Waals surface area (Å²) in [6, 6.07) is 13.9. The minimum atomic E-state index is -0.488. The van der Waals surface area contributed by atoms with E-state index >= 15 is 0 Å². The standard InChI is InChI=1S/C19H19N3O4/c1-25-16-8-7-13(9-17(16)26-2)12-21-18(23)10-19(24)22-15-6-4-3-5-14(15)11-20/h3-9H,10,12H2,1-2H3,(H,21,23)(H,22,24). The Morgan fingerprint density at radius 3 is 2.46 bits per heavy atom. The lowest BCUT2D eigenvalue weighted by Crippen LogP contribution is -2.27. The number of nitrogens with one attached hydrogen (secondary N) is 2. The zero-order valence-electron chi connectivity index (χ0n) is 14.5. The normalized spacial score (nSPS) is 9.73. The largest absolute Gasteiger partial charge is 0.493 e. The molecular formula is C19H19N3O4. The van der Waals surface area contributed by atoms with Gasteiger partial charge >= 0.3 is 0 Å². The number of carbonyl (C=O) groups excluding carboxylic acids is 2. The molecule has 0 aliphatic carbocycles. The summed E-state index contributed by atoms with van der Waals surface area (Å²) >= 11 is 0. The summed E-state index contributed by atoms with van der Waals surface area (Å²) in [5, 5.41) is 14.2. The number of nitriles is 1. The van der Waals surface area contributed by atoms with Crippen molar-refractivity contribution in [1.82, 2.24) is 5.32 Å². The summed E-state index contributed by atoms with van der Waals surface area (Å²) in [6.07, 6.45) is -0.340. The van der Waals surface area contributed by atoms with Crippen molar-refractivity contribution >= 4 is 17.5 Å². The molecule has 2 aromatic rings. The van der Waals surface area contributed by atoms with Crippen LogP contribution in [0.3, 0.4) is 0 Å². The van der Waals surface area contributed by atoms with Gasteiger partial charge < -0.3 is 20.1 Å². The summed E-state index contributed by atoms with van der Waals surface area (Å²) in [4.78, 5) is 23.9. The van der Waals surface area contributed by atoms with Crippen LogP contribution < -0.4 is 20.1 Å². The van der Waals surface area contributed by atoms with E-state index in [1.165, 1.54) is 7.11 Å². The van der Waals surface area contributed by atoms with Crippen LogP contribution in [0, 0.1) is 11.3 Å². The van der Waals surface area contributed by atoms with E-state index < -0.39 is 11.8 Å². The van der Waals surface area contributed by atoms with Gasteiger partial charge in [-0.15, -0.1) is 0 Å². The first kappa shape index (κ1) is 18.8. The average molecular weight is 353 g/mol. The lowest BCUT2D eigenvalue weighted by molar-refractivity contribution is -0.126. The van der Waals surface area contributed by atoms with E-state index in [1.54, 1.807) is 49.6 Å². The van der Waals surface area contributed by atoms with Gasteiger partial charge in [-0.1, -0.05) is 18.2 Å². The quantitative estimate of drug-likeness (QED) is 0.744. The molecule has 0 heterocycles. The van der Waals surface area contributed by atoms with Crippen molar-refractivity contribution in [3.05, 3.63) is 53.6 Å². The Balaban J connectivity index is 1.89. The van der Waals surface area contributed by atoms with E-state index in [9.17, 15) is 9.59 Å². The van der Waals surface area contributed by atoms with Crippen molar-refractivity contribution in [2.45, 2.75) is 13.0 Å². The van der Waals surface area contributed by atoms with Crippen LogP contribution in [0.2, 0.25) is 0 Å². The summed E-state index contributed by atoms with van der Waals surface area (Å²) in [5.41, 5.74) is 1.53. The molecule has 0 radical (unpaired) electrons. The van der Waals surface area contributed by atoms with Crippen molar-refractivity contribution < 1.29 is 19.1 Å². The number of amides is 2. The van der Waals surface area contributed by atoms with Crippen molar-refractivity contribution in [1.29, 1.82) is 5.26 Å². The first-order valence-electron chi connectivity index (χ1n) is 7.84. The van der Waals surface area contributed by atoms with Crippen LogP contribution in [-0.2, 0) is 16.1 Å². The molecule has 134 valence electrons. The fraction of sp³-hybridized carbons (Fsp3) is 0.211. The Bertz CT molecular complexity index is 843. The highest BCUT2D eigenvalue weighted by molar-refractivity contribution is 6.04. The number of nitrogens with zero attached hydrogens (tertiary/aromatic N) is 1. The van der Waals surface area contributed by atoms with Crippen LogP contribution in [0.5, 0.6) is 11.5 Å². The summed E-state index contributed by atoms with van der Waals surface area (Å²) < 4.78 is 10.4. The highest BCUT2D eigenvalue weighted by Crippen LogP contribution is 2.27. The van der Waals surface area contributed by atoms with E-state index in [2.05, 4.69) is 10.6 Å². The molecule has 0 bridgehead atoms. The number of hydrogen-bond donors (Lipinski definition) is 2. The van der Waals surface area contributed by atoms with E-state index in [-0.39, 0.29) is 13.0 Å². The Hall–Kier alpha value is -3.53. The molecule has 0 spiro atoms. The van der Waals surface area contributed by atoms with Gasteiger partial charge in [0.05, 0.1) is 25.5 Å². The zero-order chi connectivity index (χ0) is 18.9. The Kier molecular flexibility index (Phi) is 6.57. The molecule has 2 rings (SSSR count). The van der Waals surface area contributed by atoms with Crippen LogP contribution in [0.15, 0.2) is 42.5 Å². The van der Waals surface area contributed by atoms with Crippen LogP contribution in [-0.4, -0.2) is 26.0 Å². The topological polar surface area (TPSA) is 100 Å². The van der Waals surface area contributed by atoms with E-state index in [0.29, 0.717) is 22.7 Å². The fourth-order valence-electron chi connectivity index (χ4n) is 2.28. The molecule has 0 aliphatic heterocycles. The van der Waals surface area contributed by atoms with E-state index in [1.807, 2.05) is 6.07 Å². The number of rotatable bonds is 7. The van der Waals surface area contributed by atoms with Gasteiger partial charge in [-0.2, -0.15) is 5.26 Å². The minimum Gasteiger partial charge on any atom is -0.493 e. The van der Waals surface area contributed by atoms with Gasteiger partial charge in [-0.25, -0.2) is 0 Å². The Labute approximate surface area is 151 Å². The van der Waals surface area contributed by atoms with Crippen molar-refractivity contribution in [2.24, 2.45) is 0 Å². The number of benzene rings is 2. The molecule has 0 atom stereocenters. The molecule has 26 heavy (non-hydrogen) atoms. The molecule has 0 unspecified atom stereocenters. The third-order valence-electron chi connectivity index (χ3n) is 3.58. The second-order valence-corrected chi connectivity index (χ2v) is 5.35. The molecule has 0 aliphatic rings. The fourth-order valence-corrected chi connectivity index (χ4v) is 2.28. The smallest absolute Gasteiger partial charge is 0.233 e. The summed E-state index contributed by atoms with van der Waals surface area (Å²) in [5.74, 6) is 0.243. The van der Waals surface area contributed by atoms with Crippen LogP contribution in [0.4, 0.5) is 5.69 Å². The minimum absolute atomic E-state index is 0.251. The molecule has 0 aromatic heterocycles. The maximum atomic E-state index is 12.0. The zero-order valence-corrected chi connectivity index (χ0v) is 14.5. The molecule has 2 amide bonds. The highest BCUT2D eigenvalue weighted by atomic mass is 16.5. The maximum absolute atomic E-state index is 12.0. The number of carbonyl (C=O) groups is 2. The molecule has 2 N–H and O–H groups in total. The van der Waals surface area contributed by atoms with Crippen LogP contribution >= 0.6 is 0 Å². The second kappa shape index (κ2) is 9.08. The molecule has 2 aromatic carbocycles. The molecule has 7 nitrogen and oxygen atoms in total. The van der Waals surface area contributed by atoms with Crippen molar-refractivity contribution in [2.75, 3.05) is 19.5 Å². The number of ether oxygens (including phenoxy) is 2. The monoisotopic (exact) mass is 353 g/mol. The molecule has 0 saturated heterocycles. The van der Waals surface area contributed by atoms with Gasteiger partial charge in [-0.05, 0) is 29.8 Å². The van der Waals surface area contributed by atoms with Crippen LogP contribution in [0.1, 0.15) is 17.5 Å². The number of para-hydroxylation sites is 1. The predicted molar refractivity (Wildman–Crippen MR) is 95.8 cm³/mol. The first-order valence-corrected chi connectivity index (χ1v) is 7.84. The molecular weight excluding hydrogens is 334 g/mol. The van der Waals surface area contributed by atoms with E-state index in [0.717, 1.165) is 5.56 Å². The van der Waals surface area contributed by atoms with E-state index in [4.69, 9.17) is 14.7 Å². The number of hydrogen-bond acceptors (Lipinski definition) is 5. The SMILES string of the molecule is COc1ccc(CNC(=O)CC(=O)Nc2ccccc2C#N)cc1OC. The molecule has 0 fully saturated rings. The third-order valence-corrected chi connectivity index (χ3v) is 3.58. The van der Waals surface area contributed by atoms with Gasteiger partial charge in [-0.3, -0.25) is 9.59 Å². The van der Waals surface area contributed by atoms with Gasteiger partial charge in [0.2, 0.25) is 11.8 Å². The lowest BCUT2D eigenvalue weighted by atomic mass is 10.2. The Morgan fingerprint density at radius 2 is 1.77 bits per heavy atom. The van der Waals surface area contributed by atoms with Crippen LogP contribution in [0.25, 0.3) is 0 Å². The maximum Gasteiger partial charge on any atom is 0.233 e. The number of methoxy groups -OCH3 is 2. The highest BCUT2D eigenvalue weighted by Gasteiger charge is 2.12. The first-order chi connectivity index (χ1) is 12.6. The number of anilines is 1.